The number of halogens is 1. The summed E-state index contributed by atoms with van der Waals surface area (Å²) < 4.78 is 21.5. The first-order chi connectivity index (χ1) is 12.5. The van der Waals surface area contributed by atoms with Crippen molar-refractivity contribution < 1.29 is 23.7 Å². The van der Waals surface area contributed by atoms with E-state index in [0.29, 0.717) is 34.6 Å². The Morgan fingerprint density at radius 2 is 2.00 bits per heavy atom. The number of hydrogen-bond acceptors (Lipinski definition) is 5. The second-order valence-corrected chi connectivity index (χ2v) is 6.77. The molecule has 0 spiro atoms. The molecule has 2 aromatic rings. The lowest BCUT2D eigenvalue weighted by Gasteiger charge is -2.21. The van der Waals surface area contributed by atoms with E-state index in [4.69, 9.17) is 30.5 Å². The maximum absolute atomic E-state index is 12.0. The van der Waals surface area contributed by atoms with Gasteiger partial charge in [-0.15, -0.1) is 0 Å². The van der Waals surface area contributed by atoms with E-state index in [9.17, 15) is 4.79 Å². The molecule has 3 rings (SSSR count). The van der Waals surface area contributed by atoms with Crippen LogP contribution in [0.25, 0.3) is 0 Å². The lowest BCUT2D eigenvalue weighted by Crippen LogP contribution is -2.17. The second kappa shape index (κ2) is 8.43. The van der Waals surface area contributed by atoms with Gasteiger partial charge in [-0.1, -0.05) is 37.6 Å². The molecule has 2 aromatic carbocycles. The Labute approximate surface area is 157 Å². The van der Waals surface area contributed by atoms with Crippen molar-refractivity contribution in [3.8, 4) is 11.5 Å². The molecule has 1 aliphatic heterocycles. The number of fused-ring (bicyclic) bond motifs is 1. The molecule has 0 saturated carbocycles. The Hall–Kier alpha value is -2.24. The van der Waals surface area contributed by atoms with Crippen molar-refractivity contribution in [3.05, 3.63) is 58.1 Å². The minimum atomic E-state index is -0.460. The Morgan fingerprint density at radius 3 is 2.73 bits per heavy atom. The van der Waals surface area contributed by atoms with Gasteiger partial charge in [-0.25, -0.2) is 4.79 Å². The van der Waals surface area contributed by atoms with Crippen LogP contribution in [0.1, 0.15) is 36.5 Å². The number of ether oxygens (including phenoxy) is 4. The molecule has 0 bridgehead atoms. The summed E-state index contributed by atoms with van der Waals surface area (Å²) in [6, 6.07) is 11.2. The largest absolute Gasteiger partial charge is 0.482 e. The van der Waals surface area contributed by atoms with Crippen LogP contribution in [-0.2, 0) is 27.5 Å². The van der Waals surface area contributed by atoms with Gasteiger partial charge in [-0.2, -0.15) is 0 Å². The summed E-state index contributed by atoms with van der Waals surface area (Å²) in [5.74, 6) is 1.29. The molecule has 0 N–H and O–H groups in total. The summed E-state index contributed by atoms with van der Waals surface area (Å²) in [5.41, 5.74) is 2.77. The molecular formula is C20H21ClO5. The highest BCUT2D eigenvalue weighted by Crippen LogP contribution is 2.32. The van der Waals surface area contributed by atoms with Crippen molar-refractivity contribution in [3.63, 3.8) is 0 Å². The maximum atomic E-state index is 12.0. The van der Waals surface area contributed by atoms with Gasteiger partial charge < -0.3 is 18.9 Å². The predicted molar refractivity (Wildman–Crippen MR) is 97.6 cm³/mol. The number of carbonyl (C=O) groups is 1. The first-order valence-corrected chi connectivity index (χ1v) is 8.81. The highest BCUT2D eigenvalue weighted by molar-refractivity contribution is 6.30. The normalized spacial score (nSPS) is 13.1. The van der Waals surface area contributed by atoms with Gasteiger partial charge >= 0.3 is 5.97 Å². The van der Waals surface area contributed by atoms with Crippen LogP contribution in [0, 0.1) is 0 Å². The standard InChI is InChI=1S/C20H21ClO5/c1-13(2)14-3-5-18(6-4-14)24-11-19(22)25-10-16-8-17(21)7-15-9-23-12-26-20(15)16/h3-8,13H,9-12H2,1-2H3. The van der Waals surface area contributed by atoms with Gasteiger partial charge in [0, 0.05) is 16.1 Å². The van der Waals surface area contributed by atoms with Gasteiger partial charge in [0.2, 0.25) is 0 Å². The van der Waals surface area contributed by atoms with E-state index in [2.05, 4.69) is 13.8 Å². The van der Waals surface area contributed by atoms with Gasteiger partial charge in [-0.05, 0) is 35.7 Å². The van der Waals surface area contributed by atoms with Crippen LogP contribution in [0.15, 0.2) is 36.4 Å². The van der Waals surface area contributed by atoms with Crippen molar-refractivity contribution in [2.75, 3.05) is 13.4 Å². The van der Waals surface area contributed by atoms with E-state index in [1.807, 2.05) is 24.3 Å². The third-order valence-corrected chi connectivity index (χ3v) is 4.26. The topological polar surface area (TPSA) is 54.0 Å². The fourth-order valence-electron chi connectivity index (χ4n) is 2.66. The molecule has 1 aliphatic rings. The molecule has 0 atom stereocenters. The lowest BCUT2D eigenvalue weighted by molar-refractivity contribution is -0.147. The number of benzene rings is 2. The molecule has 6 heteroatoms. The zero-order chi connectivity index (χ0) is 18.5. The van der Waals surface area contributed by atoms with Crippen molar-refractivity contribution in [2.45, 2.75) is 33.0 Å². The lowest BCUT2D eigenvalue weighted by atomic mass is 10.0. The molecule has 138 valence electrons. The van der Waals surface area contributed by atoms with Gasteiger partial charge in [0.25, 0.3) is 0 Å². The van der Waals surface area contributed by atoms with Crippen molar-refractivity contribution >= 4 is 17.6 Å². The summed E-state index contributed by atoms with van der Waals surface area (Å²) in [6.45, 7) is 4.75. The Morgan fingerprint density at radius 1 is 1.23 bits per heavy atom. The molecule has 0 fully saturated rings. The average molecular weight is 377 g/mol. The average Bonchev–Trinajstić information content (AvgIpc) is 2.64. The zero-order valence-corrected chi connectivity index (χ0v) is 15.5. The molecule has 0 unspecified atom stereocenters. The number of carbonyl (C=O) groups excluding carboxylic acids is 1. The van der Waals surface area contributed by atoms with Crippen LogP contribution in [-0.4, -0.2) is 19.4 Å². The van der Waals surface area contributed by atoms with E-state index < -0.39 is 5.97 Å². The summed E-state index contributed by atoms with van der Waals surface area (Å²) in [7, 11) is 0. The number of rotatable bonds is 6. The first kappa shape index (κ1) is 18.5. The molecular weight excluding hydrogens is 356 g/mol. The minimum absolute atomic E-state index is 0.0668. The fourth-order valence-corrected chi connectivity index (χ4v) is 2.92. The molecule has 0 radical (unpaired) electrons. The monoisotopic (exact) mass is 376 g/mol. The van der Waals surface area contributed by atoms with Gasteiger partial charge in [0.1, 0.15) is 18.1 Å². The molecule has 0 aromatic heterocycles. The van der Waals surface area contributed by atoms with E-state index in [1.54, 1.807) is 12.1 Å². The Kier molecular flexibility index (Phi) is 6.01. The highest BCUT2D eigenvalue weighted by atomic mass is 35.5. The van der Waals surface area contributed by atoms with Gasteiger partial charge in [-0.3, -0.25) is 0 Å². The molecule has 26 heavy (non-hydrogen) atoms. The molecule has 0 saturated heterocycles. The van der Waals surface area contributed by atoms with E-state index in [-0.39, 0.29) is 20.0 Å². The Bertz CT molecular complexity index is 771. The van der Waals surface area contributed by atoms with Crippen LogP contribution in [0.2, 0.25) is 5.02 Å². The summed E-state index contributed by atoms with van der Waals surface area (Å²) >= 11 is 6.10. The van der Waals surface area contributed by atoms with Crippen LogP contribution >= 0.6 is 11.6 Å². The van der Waals surface area contributed by atoms with Crippen LogP contribution in [0.3, 0.4) is 0 Å². The number of hydrogen-bond donors (Lipinski definition) is 0. The van der Waals surface area contributed by atoms with E-state index in [1.165, 1.54) is 5.56 Å². The third-order valence-electron chi connectivity index (χ3n) is 4.04. The molecule has 5 nitrogen and oxygen atoms in total. The van der Waals surface area contributed by atoms with Gasteiger partial charge in [0.05, 0.1) is 6.61 Å². The van der Waals surface area contributed by atoms with Crippen LogP contribution in [0.5, 0.6) is 11.5 Å². The summed E-state index contributed by atoms with van der Waals surface area (Å²) in [5, 5.41) is 0.547. The summed E-state index contributed by atoms with van der Waals surface area (Å²) in [6.07, 6.45) is 0. The predicted octanol–water partition coefficient (Wildman–Crippen LogP) is 4.45. The number of esters is 1. The minimum Gasteiger partial charge on any atom is -0.482 e. The smallest absolute Gasteiger partial charge is 0.344 e. The first-order valence-electron chi connectivity index (χ1n) is 8.43. The molecule has 0 amide bonds. The van der Waals surface area contributed by atoms with Crippen LogP contribution in [0.4, 0.5) is 0 Å². The third kappa shape index (κ3) is 4.68. The highest BCUT2D eigenvalue weighted by Gasteiger charge is 2.17. The maximum Gasteiger partial charge on any atom is 0.344 e. The fraction of sp³-hybridized carbons (Fsp3) is 0.350. The van der Waals surface area contributed by atoms with Crippen molar-refractivity contribution in [1.29, 1.82) is 0 Å². The van der Waals surface area contributed by atoms with Gasteiger partial charge in [0.15, 0.2) is 13.4 Å². The van der Waals surface area contributed by atoms with E-state index in [0.717, 1.165) is 5.56 Å². The SMILES string of the molecule is CC(C)c1ccc(OCC(=O)OCc2cc(Cl)cc3c2OCOC3)cc1. The summed E-state index contributed by atoms with van der Waals surface area (Å²) in [4.78, 5) is 12.0. The van der Waals surface area contributed by atoms with E-state index >= 15 is 0 Å². The molecule has 1 heterocycles. The second-order valence-electron chi connectivity index (χ2n) is 6.34. The zero-order valence-electron chi connectivity index (χ0n) is 14.8. The Balaban J connectivity index is 1.54. The quantitative estimate of drug-likeness (QED) is 0.697. The van der Waals surface area contributed by atoms with Crippen molar-refractivity contribution in [1.82, 2.24) is 0 Å². The molecule has 0 aliphatic carbocycles. The van der Waals surface area contributed by atoms with Crippen molar-refractivity contribution in [2.24, 2.45) is 0 Å². The van der Waals surface area contributed by atoms with Crippen LogP contribution < -0.4 is 9.47 Å².